The Morgan fingerprint density at radius 1 is 1.10 bits per heavy atom. The summed E-state index contributed by atoms with van der Waals surface area (Å²) >= 11 is 0. The molecule has 3 aromatic rings. The normalized spacial score (nSPS) is 22.6. The molecule has 162 valence electrons. The van der Waals surface area contributed by atoms with E-state index in [1.165, 1.54) is 0 Å². The number of aryl methyl sites for hydroxylation is 1. The monoisotopic (exact) mass is 420 g/mol. The first-order chi connectivity index (χ1) is 15.2. The topological polar surface area (TPSA) is 81.4 Å². The summed E-state index contributed by atoms with van der Waals surface area (Å²) < 4.78 is 11.1. The summed E-state index contributed by atoms with van der Waals surface area (Å²) in [5.74, 6) is 1.79. The van der Waals surface area contributed by atoms with Crippen molar-refractivity contribution < 1.29 is 13.9 Å². The number of benzene rings is 1. The molecule has 7 nitrogen and oxygen atoms in total. The average molecular weight is 421 g/mol. The van der Waals surface area contributed by atoms with Gasteiger partial charge < -0.3 is 9.15 Å². The first-order valence-electron chi connectivity index (χ1n) is 11.2. The van der Waals surface area contributed by atoms with Crippen molar-refractivity contribution in [2.75, 3.05) is 26.3 Å². The van der Waals surface area contributed by atoms with Crippen molar-refractivity contribution in [3.63, 3.8) is 0 Å². The van der Waals surface area contributed by atoms with Gasteiger partial charge in [0.1, 0.15) is 5.78 Å². The van der Waals surface area contributed by atoms with E-state index in [9.17, 15) is 4.79 Å². The summed E-state index contributed by atoms with van der Waals surface area (Å²) in [6.45, 7) is 5.53. The number of ketones is 1. The van der Waals surface area contributed by atoms with Gasteiger partial charge in [0.15, 0.2) is 11.7 Å². The Kier molecular flexibility index (Phi) is 5.78. The molecule has 31 heavy (non-hydrogen) atoms. The minimum absolute atomic E-state index is 0.137. The van der Waals surface area contributed by atoms with Crippen molar-refractivity contribution in [2.45, 2.75) is 45.1 Å². The van der Waals surface area contributed by atoms with Crippen LogP contribution < -0.4 is 0 Å². The standard InChI is InChI=1S/C24H28N4O3/c1-16-25-15-24(31-16)18-4-7-22-19(12-18)13-20(26-27-22)14-23(29)17-2-5-21(6-3-17)28-8-10-30-11-9-28/h4,7,12-13,15,17,21H,2-3,5-6,8-11,14H2,1H3. The third-order valence-corrected chi connectivity index (χ3v) is 6.61. The van der Waals surface area contributed by atoms with E-state index in [0.717, 1.165) is 79.9 Å². The highest BCUT2D eigenvalue weighted by molar-refractivity contribution is 5.86. The van der Waals surface area contributed by atoms with Gasteiger partial charge in [-0.05, 0) is 49.9 Å². The van der Waals surface area contributed by atoms with Gasteiger partial charge in [-0.2, -0.15) is 10.2 Å². The Hall–Kier alpha value is -2.64. The molecule has 0 unspecified atom stereocenters. The van der Waals surface area contributed by atoms with Crippen molar-refractivity contribution in [1.82, 2.24) is 20.1 Å². The molecule has 2 aromatic heterocycles. The molecule has 1 aliphatic heterocycles. The van der Waals surface area contributed by atoms with Crippen LogP contribution in [0.5, 0.6) is 0 Å². The van der Waals surface area contributed by atoms with Gasteiger partial charge in [-0.25, -0.2) is 4.98 Å². The second-order valence-corrected chi connectivity index (χ2v) is 8.65. The van der Waals surface area contributed by atoms with Crippen molar-refractivity contribution in [1.29, 1.82) is 0 Å². The van der Waals surface area contributed by atoms with Crippen LogP contribution in [0.4, 0.5) is 0 Å². The van der Waals surface area contributed by atoms with Crippen LogP contribution in [0, 0.1) is 12.8 Å². The van der Waals surface area contributed by atoms with Crippen LogP contribution in [0.2, 0.25) is 0 Å². The van der Waals surface area contributed by atoms with Crippen molar-refractivity contribution in [3.8, 4) is 11.3 Å². The van der Waals surface area contributed by atoms with Crippen LogP contribution in [0.15, 0.2) is 34.9 Å². The summed E-state index contributed by atoms with van der Waals surface area (Å²) in [5, 5.41) is 9.59. The number of carbonyl (C=O) groups excluding carboxylic acids is 1. The van der Waals surface area contributed by atoms with Crippen LogP contribution >= 0.6 is 0 Å². The Balaban J connectivity index is 1.24. The number of hydrogen-bond acceptors (Lipinski definition) is 7. The van der Waals surface area contributed by atoms with Crippen molar-refractivity contribution >= 4 is 16.7 Å². The lowest BCUT2D eigenvalue weighted by Crippen LogP contribution is -2.45. The molecule has 0 N–H and O–H groups in total. The lowest BCUT2D eigenvalue weighted by Gasteiger charge is -2.38. The minimum Gasteiger partial charge on any atom is -0.441 e. The van der Waals surface area contributed by atoms with E-state index in [1.807, 2.05) is 31.2 Å². The molecule has 1 saturated carbocycles. The molecular formula is C24H28N4O3. The zero-order valence-electron chi connectivity index (χ0n) is 17.9. The highest BCUT2D eigenvalue weighted by Crippen LogP contribution is 2.30. The summed E-state index contributed by atoms with van der Waals surface area (Å²) in [6, 6.07) is 8.48. The molecule has 3 heterocycles. The van der Waals surface area contributed by atoms with E-state index >= 15 is 0 Å². The van der Waals surface area contributed by atoms with E-state index < -0.39 is 0 Å². The lowest BCUT2D eigenvalue weighted by atomic mass is 9.81. The largest absolute Gasteiger partial charge is 0.441 e. The number of oxazole rings is 1. The van der Waals surface area contributed by atoms with Gasteiger partial charge >= 0.3 is 0 Å². The Morgan fingerprint density at radius 2 is 1.90 bits per heavy atom. The zero-order chi connectivity index (χ0) is 21.2. The lowest BCUT2D eigenvalue weighted by molar-refractivity contribution is -0.123. The summed E-state index contributed by atoms with van der Waals surface area (Å²) in [7, 11) is 0. The minimum atomic E-state index is 0.137. The van der Waals surface area contributed by atoms with Crippen LogP contribution in [0.3, 0.4) is 0 Å². The number of carbonyl (C=O) groups is 1. The molecule has 1 aromatic carbocycles. The van der Waals surface area contributed by atoms with Crippen molar-refractivity contribution in [3.05, 3.63) is 42.0 Å². The average Bonchev–Trinajstić information content (AvgIpc) is 3.25. The van der Waals surface area contributed by atoms with E-state index in [4.69, 9.17) is 9.15 Å². The van der Waals surface area contributed by atoms with Gasteiger partial charge in [-0.3, -0.25) is 9.69 Å². The Labute approximate surface area is 181 Å². The number of rotatable bonds is 5. The molecule has 1 saturated heterocycles. The van der Waals surface area contributed by atoms with Crippen LogP contribution in [0.1, 0.15) is 37.3 Å². The van der Waals surface area contributed by atoms with Gasteiger partial charge in [0, 0.05) is 42.9 Å². The Bertz CT molecular complexity index is 1070. The summed E-state index contributed by atoms with van der Waals surface area (Å²) in [6.07, 6.45) is 6.21. The number of fused-ring (bicyclic) bond motifs is 1. The first kappa shape index (κ1) is 20.3. The van der Waals surface area contributed by atoms with Gasteiger partial charge in [0.05, 0.1) is 37.0 Å². The fraction of sp³-hybridized carbons (Fsp3) is 0.500. The maximum atomic E-state index is 13.0. The number of aromatic nitrogens is 3. The molecule has 1 aliphatic carbocycles. The number of morpholine rings is 1. The number of ether oxygens (including phenoxy) is 1. The fourth-order valence-corrected chi connectivity index (χ4v) is 4.85. The molecule has 0 radical (unpaired) electrons. The summed E-state index contributed by atoms with van der Waals surface area (Å²) in [5.41, 5.74) is 2.49. The summed E-state index contributed by atoms with van der Waals surface area (Å²) in [4.78, 5) is 19.7. The van der Waals surface area contributed by atoms with E-state index in [2.05, 4.69) is 20.1 Å². The highest BCUT2D eigenvalue weighted by atomic mass is 16.5. The molecule has 5 rings (SSSR count). The van der Waals surface area contributed by atoms with Crippen LogP contribution in [-0.4, -0.2) is 58.2 Å². The second kappa shape index (κ2) is 8.85. The second-order valence-electron chi connectivity index (χ2n) is 8.65. The fourth-order valence-electron chi connectivity index (χ4n) is 4.85. The third-order valence-electron chi connectivity index (χ3n) is 6.61. The number of nitrogens with zero attached hydrogens (tertiary/aromatic N) is 4. The number of hydrogen-bond donors (Lipinski definition) is 0. The molecule has 0 amide bonds. The maximum absolute atomic E-state index is 13.0. The first-order valence-corrected chi connectivity index (χ1v) is 11.2. The predicted molar refractivity (Wildman–Crippen MR) is 117 cm³/mol. The third kappa shape index (κ3) is 4.52. The van der Waals surface area contributed by atoms with Crippen molar-refractivity contribution in [2.24, 2.45) is 5.92 Å². The molecule has 0 atom stereocenters. The van der Waals surface area contributed by atoms with Gasteiger partial charge in [0.25, 0.3) is 0 Å². The molecule has 2 fully saturated rings. The van der Waals surface area contributed by atoms with E-state index in [-0.39, 0.29) is 11.7 Å². The number of Topliss-reactive ketones (excluding diaryl/α,β-unsaturated/α-hetero) is 1. The quantitative estimate of drug-likeness (QED) is 0.624. The molecular weight excluding hydrogens is 392 g/mol. The molecule has 0 bridgehead atoms. The van der Waals surface area contributed by atoms with E-state index in [0.29, 0.717) is 18.4 Å². The van der Waals surface area contributed by atoms with Crippen LogP contribution in [0.25, 0.3) is 22.2 Å². The molecule has 7 heteroatoms. The predicted octanol–water partition coefficient (Wildman–Crippen LogP) is 3.60. The molecule has 0 spiro atoms. The smallest absolute Gasteiger partial charge is 0.191 e. The zero-order valence-corrected chi connectivity index (χ0v) is 17.9. The Morgan fingerprint density at radius 3 is 2.65 bits per heavy atom. The van der Waals surface area contributed by atoms with E-state index in [1.54, 1.807) is 6.20 Å². The van der Waals surface area contributed by atoms with Crippen LogP contribution in [-0.2, 0) is 16.0 Å². The molecule has 2 aliphatic rings. The SMILES string of the molecule is Cc1ncc(-c2ccc3nnc(CC(=O)C4CCC(N5CCOCC5)CC4)cc3c2)o1. The van der Waals surface area contributed by atoms with Gasteiger partial charge in [-0.1, -0.05) is 0 Å². The van der Waals surface area contributed by atoms with Gasteiger partial charge in [0.2, 0.25) is 0 Å². The van der Waals surface area contributed by atoms with Gasteiger partial charge in [-0.15, -0.1) is 0 Å². The highest BCUT2D eigenvalue weighted by Gasteiger charge is 2.30. The maximum Gasteiger partial charge on any atom is 0.191 e.